The number of halogens is 2. The lowest BCUT2D eigenvalue weighted by Gasteiger charge is -2.33. The quantitative estimate of drug-likeness (QED) is 0.810. The summed E-state index contributed by atoms with van der Waals surface area (Å²) in [6.07, 6.45) is 0.179. The molecule has 2 heterocycles. The molecule has 1 aromatic rings. The summed E-state index contributed by atoms with van der Waals surface area (Å²) in [5, 5.41) is 12.6. The number of hydrogen-bond acceptors (Lipinski definition) is 4. The Kier molecular flexibility index (Phi) is 6.75. The fourth-order valence-corrected chi connectivity index (χ4v) is 3.21. The van der Waals surface area contributed by atoms with E-state index in [2.05, 4.69) is 5.32 Å². The molecular weight excluding hydrogens is 349 g/mol. The first-order valence-electron chi connectivity index (χ1n) is 8.26. The summed E-state index contributed by atoms with van der Waals surface area (Å²) in [5.41, 5.74) is 0.473. The van der Waals surface area contributed by atoms with E-state index in [9.17, 15) is 19.1 Å². The number of rotatable bonds is 4. The van der Waals surface area contributed by atoms with Crippen molar-refractivity contribution < 1.29 is 19.1 Å². The fourth-order valence-electron chi connectivity index (χ4n) is 3.21. The molecule has 1 aromatic carbocycles. The first-order valence-corrected chi connectivity index (χ1v) is 8.26. The van der Waals surface area contributed by atoms with Crippen LogP contribution in [0.3, 0.4) is 0 Å². The van der Waals surface area contributed by atoms with E-state index < -0.39 is 12.1 Å². The number of nitrogens with zero attached hydrogens (tertiary/aromatic N) is 2. The van der Waals surface area contributed by atoms with Crippen molar-refractivity contribution in [2.45, 2.75) is 31.5 Å². The molecule has 25 heavy (non-hydrogen) atoms. The number of carbonyl (C=O) groups excluding carboxylic acids is 2. The lowest BCUT2D eigenvalue weighted by atomic mass is 10.1. The van der Waals surface area contributed by atoms with E-state index in [-0.39, 0.29) is 43.0 Å². The number of aliphatic hydroxyl groups is 1. The third kappa shape index (κ3) is 4.68. The van der Waals surface area contributed by atoms with Crippen LogP contribution in [-0.4, -0.2) is 65.0 Å². The SMILES string of the molecule is Cl.O=C(CC1NCCN(Cc2ccccc2F)C1=O)N1CCC(O)C1. The lowest BCUT2D eigenvalue weighted by molar-refractivity contribution is -0.141. The van der Waals surface area contributed by atoms with Gasteiger partial charge in [-0.05, 0) is 12.5 Å². The second-order valence-corrected chi connectivity index (χ2v) is 6.34. The number of piperazine rings is 1. The number of carbonyl (C=O) groups is 2. The molecule has 138 valence electrons. The number of benzene rings is 1. The zero-order valence-electron chi connectivity index (χ0n) is 13.9. The number of β-amino-alcohol motifs (C(OH)–C–C–N with tert-alkyl or cyclic N) is 1. The predicted octanol–water partition coefficient (Wildman–Crippen LogP) is 0.531. The van der Waals surface area contributed by atoms with E-state index >= 15 is 0 Å². The Hall–Kier alpha value is -1.70. The highest BCUT2D eigenvalue weighted by Crippen LogP contribution is 2.16. The Morgan fingerprint density at radius 1 is 1.32 bits per heavy atom. The molecule has 0 radical (unpaired) electrons. The molecule has 2 aliphatic rings. The normalized spacial score (nSPS) is 23.5. The van der Waals surface area contributed by atoms with Gasteiger partial charge in [0.05, 0.1) is 18.6 Å². The molecule has 0 bridgehead atoms. The van der Waals surface area contributed by atoms with Crippen LogP contribution in [0.1, 0.15) is 18.4 Å². The van der Waals surface area contributed by atoms with Gasteiger partial charge in [0.2, 0.25) is 11.8 Å². The van der Waals surface area contributed by atoms with E-state index in [1.165, 1.54) is 6.07 Å². The van der Waals surface area contributed by atoms with Crippen molar-refractivity contribution in [3.8, 4) is 0 Å². The summed E-state index contributed by atoms with van der Waals surface area (Å²) >= 11 is 0. The first-order chi connectivity index (χ1) is 11.5. The Bertz CT molecular complexity index is 631. The van der Waals surface area contributed by atoms with E-state index in [4.69, 9.17) is 0 Å². The molecule has 6 nitrogen and oxygen atoms in total. The van der Waals surface area contributed by atoms with Crippen LogP contribution in [0.25, 0.3) is 0 Å². The van der Waals surface area contributed by atoms with Gasteiger partial charge < -0.3 is 20.2 Å². The minimum atomic E-state index is -0.587. The van der Waals surface area contributed by atoms with Crippen molar-refractivity contribution in [3.05, 3.63) is 35.6 Å². The summed E-state index contributed by atoms with van der Waals surface area (Å²) in [6, 6.07) is 5.81. The van der Waals surface area contributed by atoms with E-state index in [1.807, 2.05) is 0 Å². The van der Waals surface area contributed by atoms with Crippen LogP contribution in [0.4, 0.5) is 4.39 Å². The van der Waals surface area contributed by atoms with Gasteiger partial charge in [0, 0.05) is 38.3 Å². The van der Waals surface area contributed by atoms with Gasteiger partial charge in [-0.2, -0.15) is 0 Å². The fraction of sp³-hybridized carbons (Fsp3) is 0.529. The molecule has 2 unspecified atom stereocenters. The maximum absolute atomic E-state index is 13.8. The van der Waals surface area contributed by atoms with Crippen LogP contribution in [0, 0.1) is 5.82 Å². The van der Waals surface area contributed by atoms with E-state index in [0.29, 0.717) is 38.2 Å². The van der Waals surface area contributed by atoms with Gasteiger partial charge >= 0.3 is 0 Å². The molecule has 2 aliphatic heterocycles. The zero-order valence-corrected chi connectivity index (χ0v) is 14.7. The van der Waals surface area contributed by atoms with Crippen molar-refractivity contribution in [2.24, 2.45) is 0 Å². The number of aliphatic hydroxyl groups excluding tert-OH is 1. The van der Waals surface area contributed by atoms with Crippen LogP contribution >= 0.6 is 12.4 Å². The summed E-state index contributed by atoms with van der Waals surface area (Å²) in [6.45, 7) is 2.12. The Morgan fingerprint density at radius 2 is 2.08 bits per heavy atom. The van der Waals surface area contributed by atoms with Gasteiger partial charge in [-0.15, -0.1) is 12.4 Å². The highest BCUT2D eigenvalue weighted by atomic mass is 35.5. The molecule has 2 fully saturated rings. The minimum Gasteiger partial charge on any atom is -0.391 e. The Morgan fingerprint density at radius 3 is 2.76 bits per heavy atom. The van der Waals surface area contributed by atoms with Crippen LogP contribution < -0.4 is 5.32 Å². The third-order valence-corrected chi connectivity index (χ3v) is 4.60. The second kappa shape index (κ2) is 8.60. The first kappa shape index (κ1) is 19.6. The molecule has 2 amide bonds. The molecule has 2 saturated heterocycles. The van der Waals surface area contributed by atoms with Crippen molar-refractivity contribution in [1.82, 2.24) is 15.1 Å². The summed E-state index contributed by atoms with van der Waals surface area (Å²) in [4.78, 5) is 28.0. The van der Waals surface area contributed by atoms with Crippen molar-refractivity contribution >= 4 is 24.2 Å². The second-order valence-electron chi connectivity index (χ2n) is 6.34. The Labute approximate surface area is 152 Å². The van der Waals surface area contributed by atoms with Crippen LogP contribution in [-0.2, 0) is 16.1 Å². The van der Waals surface area contributed by atoms with Gasteiger partial charge in [-0.25, -0.2) is 4.39 Å². The van der Waals surface area contributed by atoms with Crippen molar-refractivity contribution in [3.63, 3.8) is 0 Å². The third-order valence-electron chi connectivity index (χ3n) is 4.60. The summed E-state index contributed by atoms with van der Waals surface area (Å²) in [5.74, 6) is -0.648. The molecule has 3 rings (SSSR count). The number of amides is 2. The molecule has 2 atom stereocenters. The van der Waals surface area contributed by atoms with Gasteiger partial charge in [-0.1, -0.05) is 18.2 Å². The highest BCUT2D eigenvalue weighted by molar-refractivity contribution is 5.89. The molecule has 0 aromatic heterocycles. The predicted molar refractivity (Wildman–Crippen MR) is 92.7 cm³/mol. The molecule has 0 saturated carbocycles. The molecule has 2 N–H and O–H groups in total. The Balaban J connectivity index is 0.00000225. The zero-order chi connectivity index (χ0) is 17.1. The largest absolute Gasteiger partial charge is 0.391 e. The van der Waals surface area contributed by atoms with Gasteiger partial charge in [-0.3, -0.25) is 9.59 Å². The van der Waals surface area contributed by atoms with E-state index in [1.54, 1.807) is 28.0 Å². The van der Waals surface area contributed by atoms with Gasteiger partial charge in [0.1, 0.15) is 5.82 Å². The van der Waals surface area contributed by atoms with Crippen LogP contribution in [0.5, 0.6) is 0 Å². The molecular formula is C17H23ClFN3O3. The van der Waals surface area contributed by atoms with Crippen LogP contribution in [0.15, 0.2) is 24.3 Å². The average molecular weight is 372 g/mol. The van der Waals surface area contributed by atoms with Crippen molar-refractivity contribution in [1.29, 1.82) is 0 Å². The lowest BCUT2D eigenvalue weighted by Crippen LogP contribution is -2.56. The monoisotopic (exact) mass is 371 g/mol. The summed E-state index contributed by atoms with van der Waals surface area (Å²) in [7, 11) is 0. The number of nitrogens with one attached hydrogen (secondary N) is 1. The standard InChI is InChI=1S/C17H22FN3O3.ClH/c18-14-4-2-1-3-12(14)10-21-8-6-19-15(17(21)24)9-16(23)20-7-5-13(22)11-20;/h1-4,13,15,19,22H,5-11H2;1H. The van der Waals surface area contributed by atoms with Gasteiger partial charge in [0.25, 0.3) is 0 Å². The van der Waals surface area contributed by atoms with Gasteiger partial charge in [0.15, 0.2) is 0 Å². The summed E-state index contributed by atoms with van der Waals surface area (Å²) < 4.78 is 13.8. The minimum absolute atomic E-state index is 0. The highest BCUT2D eigenvalue weighted by Gasteiger charge is 2.33. The maximum Gasteiger partial charge on any atom is 0.240 e. The number of likely N-dealkylation sites (tertiary alicyclic amines) is 1. The topological polar surface area (TPSA) is 72.9 Å². The average Bonchev–Trinajstić information content (AvgIpc) is 3.00. The smallest absolute Gasteiger partial charge is 0.240 e. The number of hydrogen-bond donors (Lipinski definition) is 2. The molecule has 0 aliphatic carbocycles. The molecule has 8 heteroatoms. The maximum atomic E-state index is 13.8. The molecule has 0 spiro atoms. The van der Waals surface area contributed by atoms with Crippen LogP contribution in [0.2, 0.25) is 0 Å². The van der Waals surface area contributed by atoms with Crippen molar-refractivity contribution in [2.75, 3.05) is 26.2 Å². The van der Waals surface area contributed by atoms with E-state index in [0.717, 1.165) is 0 Å².